The molecule has 3 heteroatoms. The number of benzene rings is 1. The highest BCUT2D eigenvalue weighted by molar-refractivity contribution is 6.36. The van der Waals surface area contributed by atoms with E-state index in [1.54, 1.807) is 0 Å². The summed E-state index contributed by atoms with van der Waals surface area (Å²) in [6.07, 6.45) is 6.19. The van der Waals surface area contributed by atoms with E-state index >= 15 is 0 Å². The Balaban J connectivity index is 2.34. The van der Waals surface area contributed by atoms with E-state index in [1.165, 1.54) is 25.7 Å². The highest BCUT2D eigenvalue weighted by atomic mass is 35.5. The van der Waals surface area contributed by atoms with Crippen LogP contribution in [0.3, 0.4) is 0 Å². The van der Waals surface area contributed by atoms with Crippen LogP contribution in [0.2, 0.25) is 10.0 Å². The molecule has 0 bridgehead atoms. The predicted octanol–water partition coefficient (Wildman–Crippen LogP) is 4.62. The third kappa shape index (κ3) is 2.96. The minimum Gasteiger partial charge on any atom is -0.330 e. The molecule has 1 fully saturated rings. The third-order valence-corrected chi connectivity index (χ3v) is 4.49. The maximum absolute atomic E-state index is 6.31. The fourth-order valence-electron chi connectivity index (χ4n) is 2.91. The van der Waals surface area contributed by atoms with Crippen LogP contribution >= 0.6 is 23.2 Å². The summed E-state index contributed by atoms with van der Waals surface area (Å²) in [7, 11) is 0. The Morgan fingerprint density at radius 3 is 2.35 bits per heavy atom. The third-order valence-electron chi connectivity index (χ3n) is 3.83. The maximum Gasteiger partial charge on any atom is 0.0455 e. The van der Waals surface area contributed by atoms with Gasteiger partial charge in [0.1, 0.15) is 0 Å². The summed E-state index contributed by atoms with van der Waals surface area (Å²) >= 11 is 12.6. The molecule has 17 heavy (non-hydrogen) atoms. The first-order valence-electron chi connectivity index (χ1n) is 6.38. The zero-order chi connectivity index (χ0) is 12.3. The van der Waals surface area contributed by atoms with Gasteiger partial charge in [-0.3, -0.25) is 0 Å². The van der Waals surface area contributed by atoms with Crippen LogP contribution in [-0.2, 0) is 0 Å². The Hall–Kier alpha value is -0.240. The average molecular weight is 272 g/mol. The quantitative estimate of drug-likeness (QED) is 0.781. The van der Waals surface area contributed by atoms with Gasteiger partial charge in [-0.25, -0.2) is 0 Å². The number of halogens is 2. The van der Waals surface area contributed by atoms with Crippen LogP contribution in [0.15, 0.2) is 18.2 Å². The lowest BCUT2D eigenvalue weighted by atomic mass is 9.82. The van der Waals surface area contributed by atoms with E-state index in [9.17, 15) is 0 Å². The molecule has 0 aromatic heterocycles. The van der Waals surface area contributed by atoms with Gasteiger partial charge in [0.2, 0.25) is 0 Å². The standard InChI is InChI=1S/C14H19Cl2N/c15-12-7-4-8-13(16)14(12)11-6-3-1-2-5-10(11)9-17/h4,7-8,10-11H,1-3,5-6,9,17H2. The second kappa shape index (κ2) is 6.08. The zero-order valence-electron chi connectivity index (χ0n) is 9.96. The van der Waals surface area contributed by atoms with Gasteiger partial charge in [0, 0.05) is 10.0 Å². The lowest BCUT2D eigenvalue weighted by Crippen LogP contribution is -2.21. The van der Waals surface area contributed by atoms with Crippen LogP contribution in [-0.4, -0.2) is 6.54 Å². The molecule has 2 N–H and O–H groups in total. The van der Waals surface area contributed by atoms with Crippen LogP contribution in [0.4, 0.5) is 0 Å². The fourth-order valence-corrected chi connectivity index (χ4v) is 3.59. The molecular formula is C14H19Cl2N. The van der Waals surface area contributed by atoms with E-state index in [0.717, 1.165) is 28.6 Å². The van der Waals surface area contributed by atoms with Gasteiger partial charge in [-0.1, -0.05) is 48.5 Å². The Kier molecular flexibility index (Phi) is 4.72. The average Bonchev–Trinajstić information content (AvgIpc) is 2.54. The Morgan fingerprint density at radius 1 is 1.06 bits per heavy atom. The minimum atomic E-state index is 0.434. The van der Waals surface area contributed by atoms with E-state index in [0.29, 0.717) is 11.8 Å². The summed E-state index contributed by atoms with van der Waals surface area (Å²) in [5.41, 5.74) is 7.03. The molecule has 0 saturated heterocycles. The van der Waals surface area contributed by atoms with Crippen molar-refractivity contribution in [2.45, 2.75) is 38.0 Å². The number of hydrogen-bond donors (Lipinski definition) is 1. The molecule has 0 spiro atoms. The smallest absolute Gasteiger partial charge is 0.0455 e. The first kappa shape index (κ1) is 13.2. The van der Waals surface area contributed by atoms with Crippen molar-refractivity contribution in [3.63, 3.8) is 0 Å². The van der Waals surface area contributed by atoms with Crippen molar-refractivity contribution in [1.82, 2.24) is 0 Å². The summed E-state index contributed by atoms with van der Waals surface area (Å²) in [4.78, 5) is 0. The predicted molar refractivity (Wildman–Crippen MR) is 74.8 cm³/mol. The molecule has 1 aromatic carbocycles. The highest BCUT2D eigenvalue weighted by Crippen LogP contribution is 2.42. The van der Waals surface area contributed by atoms with Crippen LogP contribution in [0.25, 0.3) is 0 Å². The van der Waals surface area contributed by atoms with Crippen molar-refractivity contribution >= 4 is 23.2 Å². The van der Waals surface area contributed by atoms with Crippen molar-refractivity contribution in [3.8, 4) is 0 Å². The van der Waals surface area contributed by atoms with Crippen LogP contribution in [0, 0.1) is 5.92 Å². The second-order valence-electron chi connectivity index (χ2n) is 4.88. The second-order valence-corrected chi connectivity index (χ2v) is 5.69. The molecule has 2 unspecified atom stereocenters. The topological polar surface area (TPSA) is 26.0 Å². The highest BCUT2D eigenvalue weighted by Gasteiger charge is 2.27. The van der Waals surface area contributed by atoms with Crippen molar-refractivity contribution in [1.29, 1.82) is 0 Å². The SMILES string of the molecule is NCC1CCCCCC1c1c(Cl)cccc1Cl. The molecule has 1 saturated carbocycles. The molecule has 0 radical (unpaired) electrons. The lowest BCUT2D eigenvalue weighted by Gasteiger charge is -2.26. The van der Waals surface area contributed by atoms with Gasteiger partial charge in [-0.15, -0.1) is 0 Å². The van der Waals surface area contributed by atoms with Crippen LogP contribution in [0.5, 0.6) is 0 Å². The molecule has 94 valence electrons. The Bertz CT molecular complexity index is 358. The van der Waals surface area contributed by atoms with Gasteiger partial charge in [0.25, 0.3) is 0 Å². The molecule has 2 rings (SSSR count). The van der Waals surface area contributed by atoms with Gasteiger partial charge < -0.3 is 5.73 Å². The monoisotopic (exact) mass is 271 g/mol. The largest absolute Gasteiger partial charge is 0.330 e. The van der Waals surface area contributed by atoms with Gasteiger partial charge >= 0.3 is 0 Å². The van der Waals surface area contributed by atoms with E-state index in [1.807, 2.05) is 18.2 Å². The minimum absolute atomic E-state index is 0.434. The summed E-state index contributed by atoms with van der Waals surface area (Å²) in [5.74, 6) is 0.957. The van der Waals surface area contributed by atoms with Crippen molar-refractivity contribution < 1.29 is 0 Å². The summed E-state index contributed by atoms with van der Waals surface area (Å²) in [6.45, 7) is 0.728. The summed E-state index contributed by atoms with van der Waals surface area (Å²) in [6, 6.07) is 5.77. The van der Waals surface area contributed by atoms with Crippen LogP contribution < -0.4 is 5.73 Å². The number of hydrogen-bond acceptors (Lipinski definition) is 1. The van der Waals surface area contributed by atoms with Crippen LogP contribution in [0.1, 0.15) is 43.6 Å². The van der Waals surface area contributed by atoms with Crippen molar-refractivity contribution in [2.24, 2.45) is 11.7 Å². The molecule has 1 aliphatic carbocycles. The fraction of sp³-hybridized carbons (Fsp3) is 0.571. The normalized spacial score (nSPS) is 25.6. The van der Waals surface area contributed by atoms with Gasteiger partial charge in [0.15, 0.2) is 0 Å². The van der Waals surface area contributed by atoms with Gasteiger partial charge in [-0.2, -0.15) is 0 Å². The lowest BCUT2D eigenvalue weighted by molar-refractivity contribution is 0.408. The molecular weight excluding hydrogens is 253 g/mol. The molecule has 1 aromatic rings. The van der Waals surface area contributed by atoms with Gasteiger partial charge in [-0.05, 0) is 48.9 Å². The first-order chi connectivity index (χ1) is 8.24. The number of rotatable bonds is 2. The van der Waals surface area contributed by atoms with E-state index < -0.39 is 0 Å². The molecule has 0 aliphatic heterocycles. The molecule has 1 nitrogen and oxygen atoms in total. The van der Waals surface area contributed by atoms with Crippen molar-refractivity contribution in [2.75, 3.05) is 6.54 Å². The molecule has 0 amide bonds. The summed E-state index contributed by atoms with van der Waals surface area (Å²) < 4.78 is 0. The van der Waals surface area contributed by atoms with E-state index in [2.05, 4.69) is 0 Å². The molecule has 0 heterocycles. The number of nitrogens with two attached hydrogens (primary N) is 1. The van der Waals surface area contributed by atoms with E-state index in [4.69, 9.17) is 28.9 Å². The van der Waals surface area contributed by atoms with Gasteiger partial charge in [0.05, 0.1) is 0 Å². The first-order valence-corrected chi connectivity index (χ1v) is 7.13. The van der Waals surface area contributed by atoms with Crippen molar-refractivity contribution in [3.05, 3.63) is 33.8 Å². The Morgan fingerprint density at radius 2 is 1.71 bits per heavy atom. The Labute approximate surface area is 113 Å². The molecule has 1 aliphatic rings. The zero-order valence-corrected chi connectivity index (χ0v) is 11.5. The van der Waals surface area contributed by atoms with E-state index in [-0.39, 0.29) is 0 Å². The summed E-state index contributed by atoms with van der Waals surface area (Å²) in [5, 5.41) is 1.59. The maximum atomic E-state index is 6.31. The molecule has 2 atom stereocenters.